The Kier molecular flexibility index (Phi) is 5.70. The smallest absolute Gasteiger partial charge is 0.241 e. The fourth-order valence-electron chi connectivity index (χ4n) is 3.41. The summed E-state index contributed by atoms with van der Waals surface area (Å²) in [6, 6.07) is 13.9. The molecule has 1 N–H and O–H groups in total. The molecule has 6 heteroatoms. The van der Waals surface area contributed by atoms with E-state index in [0.717, 1.165) is 23.1 Å². The number of fused-ring (bicyclic) bond motifs is 3. The number of nitrogens with zero attached hydrogens (tertiary/aromatic N) is 3. The highest BCUT2D eigenvalue weighted by Crippen LogP contribution is 2.31. The number of carbonyl (C=O) groups is 2. The number of anilines is 1. The van der Waals surface area contributed by atoms with E-state index in [4.69, 9.17) is 0 Å². The van der Waals surface area contributed by atoms with Gasteiger partial charge in [0.15, 0.2) is 0 Å². The van der Waals surface area contributed by atoms with Crippen LogP contribution in [0.2, 0.25) is 0 Å². The van der Waals surface area contributed by atoms with Crippen molar-refractivity contribution in [1.82, 2.24) is 14.4 Å². The number of benzene rings is 2. The zero-order valence-corrected chi connectivity index (χ0v) is 17.2. The molecular weight excluding hydrogens is 352 g/mol. The monoisotopic (exact) mass is 380 g/mol. The normalized spacial score (nSPS) is 12.5. The molecule has 0 saturated heterocycles. The van der Waals surface area contributed by atoms with Crippen LogP contribution < -0.4 is 5.32 Å². The van der Waals surface area contributed by atoms with E-state index in [9.17, 15) is 9.59 Å². The van der Waals surface area contributed by atoms with Gasteiger partial charge in [-0.05, 0) is 45.2 Å². The second kappa shape index (κ2) is 8.02. The van der Waals surface area contributed by atoms with Gasteiger partial charge in [0.2, 0.25) is 11.8 Å². The van der Waals surface area contributed by atoms with Crippen LogP contribution in [0.25, 0.3) is 21.8 Å². The van der Waals surface area contributed by atoms with Crippen LogP contribution in [0.15, 0.2) is 42.5 Å². The van der Waals surface area contributed by atoms with E-state index in [-0.39, 0.29) is 18.4 Å². The highest BCUT2D eigenvalue weighted by atomic mass is 16.2. The molecule has 2 aromatic carbocycles. The molecule has 1 heterocycles. The summed E-state index contributed by atoms with van der Waals surface area (Å²) in [7, 11) is 5.20. The van der Waals surface area contributed by atoms with Crippen molar-refractivity contribution in [2.24, 2.45) is 0 Å². The predicted octanol–water partition coefficient (Wildman–Crippen LogP) is 3.16. The van der Waals surface area contributed by atoms with E-state index in [0.29, 0.717) is 0 Å². The lowest BCUT2D eigenvalue weighted by atomic mass is 10.1. The summed E-state index contributed by atoms with van der Waals surface area (Å²) in [5.41, 5.74) is 3.11. The van der Waals surface area contributed by atoms with E-state index in [1.54, 1.807) is 33.0 Å². The zero-order chi connectivity index (χ0) is 20.4. The van der Waals surface area contributed by atoms with Crippen molar-refractivity contribution in [2.45, 2.75) is 26.4 Å². The SMILES string of the molecule is CCn1c2ccccc2c2cc(NC(=O)C(C)N(C)CC(=O)N(C)C)ccc21. The molecule has 28 heavy (non-hydrogen) atoms. The number of nitrogens with one attached hydrogen (secondary N) is 1. The zero-order valence-electron chi connectivity index (χ0n) is 17.2. The molecule has 2 amide bonds. The molecule has 0 bridgehead atoms. The number of rotatable bonds is 6. The lowest BCUT2D eigenvalue weighted by molar-refractivity contribution is -0.131. The average molecular weight is 380 g/mol. The first-order valence-electron chi connectivity index (χ1n) is 9.55. The van der Waals surface area contributed by atoms with Gasteiger partial charge in [-0.1, -0.05) is 18.2 Å². The molecule has 0 spiro atoms. The van der Waals surface area contributed by atoms with Crippen molar-refractivity contribution in [3.8, 4) is 0 Å². The Morgan fingerprint density at radius 1 is 1.04 bits per heavy atom. The molecule has 0 radical (unpaired) electrons. The van der Waals surface area contributed by atoms with Gasteiger partial charge in [0.25, 0.3) is 0 Å². The Morgan fingerprint density at radius 2 is 1.71 bits per heavy atom. The highest BCUT2D eigenvalue weighted by Gasteiger charge is 2.21. The summed E-state index contributed by atoms with van der Waals surface area (Å²) in [5.74, 6) is -0.163. The molecule has 1 unspecified atom stereocenters. The number of amides is 2. The van der Waals surface area contributed by atoms with Gasteiger partial charge in [-0.3, -0.25) is 14.5 Å². The number of hydrogen-bond acceptors (Lipinski definition) is 3. The minimum atomic E-state index is -0.420. The predicted molar refractivity (Wildman–Crippen MR) is 115 cm³/mol. The number of likely N-dealkylation sites (N-methyl/N-ethyl adjacent to an activating group) is 2. The minimum absolute atomic E-state index is 0.0315. The molecule has 0 aliphatic carbocycles. The standard InChI is InChI=1S/C22H28N4O2/c1-6-26-19-10-8-7-9-17(19)18-13-16(11-12-20(18)26)23-22(28)15(2)25(5)14-21(27)24(3)4/h7-13,15H,6,14H2,1-5H3,(H,23,28). The lowest BCUT2D eigenvalue weighted by Crippen LogP contribution is -2.44. The van der Waals surface area contributed by atoms with E-state index in [1.807, 2.05) is 24.3 Å². The number of para-hydroxylation sites is 1. The third kappa shape index (κ3) is 3.73. The van der Waals surface area contributed by atoms with Crippen molar-refractivity contribution in [2.75, 3.05) is 33.0 Å². The van der Waals surface area contributed by atoms with Crippen LogP contribution in [0.1, 0.15) is 13.8 Å². The van der Waals surface area contributed by atoms with Gasteiger partial charge >= 0.3 is 0 Å². The van der Waals surface area contributed by atoms with Gasteiger partial charge in [-0.25, -0.2) is 0 Å². The maximum Gasteiger partial charge on any atom is 0.241 e. The van der Waals surface area contributed by atoms with Crippen molar-refractivity contribution in [1.29, 1.82) is 0 Å². The van der Waals surface area contributed by atoms with Gasteiger partial charge < -0.3 is 14.8 Å². The Hall–Kier alpha value is -2.86. The second-order valence-corrected chi connectivity index (χ2v) is 7.36. The molecule has 6 nitrogen and oxygen atoms in total. The topological polar surface area (TPSA) is 57.6 Å². The van der Waals surface area contributed by atoms with E-state index < -0.39 is 6.04 Å². The first-order valence-corrected chi connectivity index (χ1v) is 9.55. The van der Waals surface area contributed by atoms with Crippen molar-refractivity contribution < 1.29 is 9.59 Å². The van der Waals surface area contributed by atoms with Crippen LogP contribution in [0.3, 0.4) is 0 Å². The molecule has 3 aromatic rings. The average Bonchev–Trinajstić information content (AvgIpc) is 3.00. The summed E-state index contributed by atoms with van der Waals surface area (Å²) < 4.78 is 2.28. The molecule has 1 atom stereocenters. The summed E-state index contributed by atoms with van der Waals surface area (Å²) in [4.78, 5) is 27.8. The summed E-state index contributed by atoms with van der Waals surface area (Å²) in [5, 5.41) is 5.30. The maximum absolute atomic E-state index is 12.7. The Bertz CT molecular complexity index is 1020. The maximum atomic E-state index is 12.7. The van der Waals surface area contributed by atoms with E-state index in [2.05, 4.69) is 35.0 Å². The molecule has 0 aliphatic rings. The summed E-state index contributed by atoms with van der Waals surface area (Å²) >= 11 is 0. The van der Waals surface area contributed by atoms with Gasteiger partial charge in [-0.15, -0.1) is 0 Å². The minimum Gasteiger partial charge on any atom is -0.348 e. The first kappa shape index (κ1) is 19.9. The Balaban J connectivity index is 1.83. The van der Waals surface area contributed by atoms with Gasteiger partial charge in [-0.2, -0.15) is 0 Å². The molecule has 3 rings (SSSR count). The Morgan fingerprint density at radius 3 is 2.39 bits per heavy atom. The van der Waals surface area contributed by atoms with Crippen molar-refractivity contribution in [3.05, 3.63) is 42.5 Å². The quantitative estimate of drug-likeness (QED) is 0.715. The van der Waals surface area contributed by atoms with Crippen molar-refractivity contribution in [3.63, 3.8) is 0 Å². The first-order chi connectivity index (χ1) is 13.3. The second-order valence-electron chi connectivity index (χ2n) is 7.36. The van der Waals surface area contributed by atoms with Gasteiger partial charge in [0.1, 0.15) is 0 Å². The van der Waals surface area contributed by atoms with Crippen LogP contribution in [0.5, 0.6) is 0 Å². The van der Waals surface area contributed by atoms with E-state index >= 15 is 0 Å². The fourth-order valence-corrected chi connectivity index (χ4v) is 3.41. The molecular formula is C22H28N4O2. The fraction of sp³-hybridized carbons (Fsp3) is 0.364. The van der Waals surface area contributed by atoms with Crippen LogP contribution >= 0.6 is 0 Å². The molecule has 148 valence electrons. The summed E-state index contributed by atoms with van der Waals surface area (Å²) in [6.07, 6.45) is 0. The van der Waals surface area contributed by atoms with Gasteiger partial charge in [0.05, 0.1) is 12.6 Å². The number of aryl methyl sites for hydroxylation is 1. The Labute approximate surface area is 165 Å². The highest BCUT2D eigenvalue weighted by molar-refractivity contribution is 6.10. The molecule has 0 saturated carbocycles. The number of aromatic nitrogens is 1. The van der Waals surface area contributed by atoms with Crippen molar-refractivity contribution >= 4 is 39.3 Å². The van der Waals surface area contributed by atoms with Gasteiger partial charge in [0, 0.05) is 48.1 Å². The largest absolute Gasteiger partial charge is 0.348 e. The van der Waals surface area contributed by atoms with E-state index in [1.165, 1.54) is 15.8 Å². The van der Waals surface area contributed by atoms with Crippen LogP contribution in [0, 0.1) is 0 Å². The number of carbonyl (C=O) groups excluding carboxylic acids is 2. The molecule has 1 aromatic heterocycles. The summed E-state index contributed by atoms with van der Waals surface area (Å²) in [6.45, 7) is 5.02. The molecule has 0 fully saturated rings. The lowest BCUT2D eigenvalue weighted by Gasteiger charge is -2.24. The molecule has 0 aliphatic heterocycles. The van der Waals surface area contributed by atoms with Crippen LogP contribution in [-0.2, 0) is 16.1 Å². The van der Waals surface area contributed by atoms with Crippen LogP contribution in [0.4, 0.5) is 5.69 Å². The number of hydrogen-bond donors (Lipinski definition) is 1. The third-order valence-corrected chi connectivity index (χ3v) is 5.28. The van der Waals surface area contributed by atoms with Crippen LogP contribution in [-0.4, -0.2) is 59.9 Å². The third-order valence-electron chi connectivity index (χ3n) is 5.28.